The molecular formula is C18H26N2O6S. The average Bonchev–Trinajstić information content (AvgIpc) is 2.62. The maximum atomic E-state index is 12.3. The molecule has 8 nitrogen and oxygen atoms in total. The largest absolute Gasteiger partial charge is 0.494 e. The Labute approximate surface area is 159 Å². The Balaban J connectivity index is 1.78. The first-order valence-electron chi connectivity index (χ1n) is 9.04. The third-order valence-corrected chi connectivity index (χ3v) is 5.98. The quantitative estimate of drug-likeness (QED) is 0.651. The van der Waals surface area contributed by atoms with E-state index in [0.29, 0.717) is 38.3 Å². The molecule has 0 unspecified atom stereocenters. The second kappa shape index (κ2) is 9.70. The minimum Gasteiger partial charge on any atom is -0.494 e. The SMILES string of the molecule is CCOc1ccc(S(=O)(=O)NCCC(=O)N2CCC(CC(=O)O)CC2)cc1. The van der Waals surface area contributed by atoms with Crippen molar-refractivity contribution in [2.75, 3.05) is 26.2 Å². The second-order valence-corrected chi connectivity index (χ2v) is 8.24. The molecule has 1 aliphatic heterocycles. The van der Waals surface area contributed by atoms with Gasteiger partial charge in [0, 0.05) is 32.5 Å². The number of piperidine rings is 1. The lowest BCUT2D eigenvalue weighted by Crippen LogP contribution is -2.40. The van der Waals surface area contributed by atoms with Gasteiger partial charge in [0.2, 0.25) is 15.9 Å². The summed E-state index contributed by atoms with van der Waals surface area (Å²) >= 11 is 0. The van der Waals surface area contributed by atoms with Crippen LogP contribution in [-0.2, 0) is 19.6 Å². The molecule has 0 atom stereocenters. The van der Waals surface area contributed by atoms with Crippen LogP contribution in [0.4, 0.5) is 0 Å². The van der Waals surface area contributed by atoms with Crippen molar-refractivity contribution in [1.82, 2.24) is 9.62 Å². The fourth-order valence-corrected chi connectivity index (χ4v) is 4.08. The first kappa shape index (κ1) is 21.2. The molecule has 1 amide bonds. The summed E-state index contributed by atoms with van der Waals surface area (Å²) in [5.41, 5.74) is 0. The molecule has 0 radical (unpaired) electrons. The molecule has 150 valence electrons. The predicted octanol–water partition coefficient (Wildman–Crippen LogP) is 1.47. The fraction of sp³-hybridized carbons (Fsp3) is 0.556. The molecule has 1 heterocycles. The van der Waals surface area contributed by atoms with Crippen molar-refractivity contribution in [2.24, 2.45) is 5.92 Å². The van der Waals surface area contributed by atoms with Crippen molar-refractivity contribution in [3.8, 4) is 5.75 Å². The van der Waals surface area contributed by atoms with Gasteiger partial charge in [0.25, 0.3) is 0 Å². The lowest BCUT2D eigenvalue weighted by molar-refractivity contribution is -0.138. The van der Waals surface area contributed by atoms with Gasteiger partial charge < -0.3 is 14.7 Å². The van der Waals surface area contributed by atoms with Gasteiger partial charge in [-0.05, 0) is 49.9 Å². The monoisotopic (exact) mass is 398 g/mol. The summed E-state index contributed by atoms with van der Waals surface area (Å²) in [4.78, 5) is 24.7. The fourth-order valence-electron chi connectivity index (χ4n) is 3.05. The van der Waals surface area contributed by atoms with E-state index in [0.717, 1.165) is 0 Å². The molecule has 27 heavy (non-hydrogen) atoms. The number of hydrogen-bond donors (Lipinski definition) is 2. The number of likely N-dealkylation sites (tertiary alicyclic amines) is 1. The van der Waals surface area contributed by atoms with E-state index in [1.54, 1.807) is 17.0 Å². The lowest BCUT2D eigenvalue weighted by atomic mass is 9.93. The van der Waals surface area contributed by atoms with Crippen LogP contribution < -0.4 is 9.46 Å². The van der Waals surface area contributed by atoms with E-state index >= 15 is 0 Å². The first-order chi connectivity index (χ1) is 12.8. The molecule has 2 N–H and O–H groups in total. The Hall–Kier alpha value is -2.13. The molecule has 2 rings (SSSR count). The standard InChI is InChI=1S/C18H26N2O6S/c1-2-26-15-3-5-16(6-4-15)27(24,25)19-10-7-17(21)20-11-8-14(9-12-20)13-18(22)23/h3-6,14,19H,2,7-13H2,1H3,(H,22,23). The summed E-state index contributed by atoms with van der Waals surface area (Å²) in [6.45, 7) is 3.39. The highest BCUT2D eigenvalue weighted by Crippen LogP contribution is 2.21. The zero-order chi connectivity index (χ0) is 19.9. The van der Waals surface area contributed by atoms with Crippen LogP contribution in [0.1, 0.15) is 32.6 Å². The normalized spacial score (nSPS) is 15.5. The van der Waals surface area contributed by atoms with Crippen LogP contribution >= 0.6 is 0 Å². The van der Waals surface area contributed by atoms with Crippen molar-refractivity contribution in [2.45, 2.75) is 37.5 Å². The number of nitrogens with one attached hydrogen (secondary N) is 1. The van der Waals surface area contributed by atoms with Crippen LogP contribution in [0.3, 0.4) is 0 Å². The molecular weight excluding hydrogens is 372 g/mol. The molecule has 1 saturated heterocycles. The summed E-state index contributed by atoms with van der Waals surface area (Å²) in [5, 5.41) is 8.82. The number of ether oxygens (including phenoxy) is 1. The summed E-state index contributed by atoms with van der Waals surface area (Å²) in [7, 11) is -3.68. The van der Waals surface area contributed by atoms with E-state index in [2.05, 4.69) is 4.72 Å². The number of carbonyl (C=O) groups excluding carboxylic acids is 1. The van der Waals surface area contributed by atoms with Crippen molar-refractivity contribution < 1.29 is 27.9 Å². The van der Waals surface area contributed by atoms with Crippen molar-refractivity contribution in [1.29, 1.82) is 0 Å². The van der Waals surface area contributed by atoms with Crippen LogP contribution in [-0.4, -0.2) is 56.5 Å². The van der Waals surface area contributed by atoms with Crippen LogP contribution in [0, 0.1) is 5.92 Å². The molecule has 1 aromatic carbocycles. The van der Waals surface area contributed by atoms with E-state index in [9.17, 15) is 18.0 Å². The molecule has 0 aromatic heterocycles. The van der Waals surface area contributed by atoms with Gasteiger partial charge in [0.15, 0.2) is 0 Å². The van der Waals surface area contributed by atoms with Crippen molar-refractivity contribution in [3.63, 3.8) is 0 Å². The highest BCUT2D eigenvalue weighted by molar-refractivity contribution is 7.89. The van der Waals surface area contributed by atoms with Gasteiger partial charge in [-0.15, -0.1) is 0 Å². The molecule has 1 fully saturated rings. The van der Waals surface area contributed by atoms with Crippen LogP contribution in [0.15, 0.2) is 29.2 Å². The number of carboxylic acid groups (broad SMARTS) is 1. The molecule has 0 saturated carbocycles. The van der Waals surface area contributed by atoms with Gasteiger partial charge in [-0.3, -0.25) is 9.59 Å². The number of carboxylic acids is 1. The summed E-state index contributed by atoms with van der Waals surface area (Å²) in [6.07, 6.45) is 1.52. The van der Waals surface area contributed by atoms with Crippen LogP contribution in [0.25, 0.3) is 0 Å². The zero-order valence-corrected chi connectivity index (χ0v) is 16.2. The van der Waals surface area contributed by atoms with Gasteiger partial charge in [0.1, 0.15) is 5.75 Å². The number of rotatable bonds is 9. The predicted molar refractivity (Wildman–Crippen MR) is 99.0 cm³/mol. The van der Waals surface area contributed by atoms with Crippen molar-refractivity contribution >= 4 is 21.9 Å². The van der Waals surface area contributed by atoms with Gasteiger partial charge in [0.05, 0.1) is 11.5 Å². The maximum Gasteiger partial charge on any atom is 0.303 e. The Morgan fingerprint density at radius 3 is 2.41 bits per heavy atom. The van der Waals surface area contributed by atoms with E-state index < -0.39 is 16.0 Å². The molecule has 0 spiro atoms. The Bertz CT molecular complexity index is 740. The van der Waals surface area contributed by atoms with Gasteiger partial charge >= 0.3 is 5.97 Å². The van der Waals surface area contributed by atoms with Gasteiger partial charge in [-0.25, -0.2) is 13.1 Å². The number of nitrogens with zero attached hydrogens (tertiary/aromatic N) is 1. The summed E-state index contributed by atoms with van der Waals surface area (Å²) in [6, 6.07) is 6.10. The summed E-state index contributed by atoms with van der Waals surface area (Å²) in [5.74, 6) is -0.246. The highest BCUT2D eigenvalue weighted by atomic mass is 32.2. The number of sulfonamides is 1. The molecule has 1 aromatic rings. The smallest absolute Gasteiger partial charge is 0.303 e. The number of aliphatic carboxylic acids is 1. The maximum absolute atomic E-state index is 12.3. The highest BCUT2D eigenvalue weighted by Gasteiger charge is 2.24. The average molecular weight is 398 g/mol. The minimum atomic E-state index is -3.68. The third kappa shape index (κ3) is 6.51. The van der Waals surface area contributed by atoms with E-state index in [1.807, 2.05) is 6.92 Å². The minimum absolute atomic E-state index is 0.0173. The second-order valence-electron chi connectivity index (χ2n) is 6.47. The van der Waals surface area contributed by atoms with Crippen LogP contribution in [0.5, 0.6) is 5.75 Å². The Kier molecular flexibility index (Phi) is 7.61. The summed E-state index contributed by atoms with van der Waals surface area (Å²) < 4.78 is 32.3. The van der Waals surface area contributed by atoms with Gasteiger partial charge in [-0.2, -0.15) is 0 Å². The Morgan fingerprint density at radius 2 is 1.85 bits per heavy atom. The molecule has 9 heteroatoms. The topological polar surface area (TPSA) is 113 Å². The van der Waals surface area contributed by atoms with Gasteiger partial charge in [-0.1, -0.05) is 0 Å². The Morgan fingerprint density at radius 1 is 1.22 bits per heavy atom. The zero-order valence-electron chi connectivity index (χ0n) is 15.4. The van der Waals surface area contributed by atoms with Crippen LogP contribution in [0.2, 0.25) is 0 Å². The molecule has 0 bridgehead atoms. The number of benzene rings is 1. The van der Waals surface area contributed by atoms with E-state index in [1.165, 1.54) is 12.1 Å². The van der Waals surface area contributed by atoms with Crippen molar-refractivity contribution in [3.05, 3.63) is 24.3 Å². The third-order valence-electron chi connectivity index (χ3n) is 4.51. The number of amides is 1. The van der Waals surface area contributed by atoms with E-state index in [-0.39, 0.29) is 36.1 Å². The number of carbonyl (C=O) groups is 2. The molecule has 1 aliphatic rings. The number of hydrogen-bond acceptors (Lipinski definition) is 5. The first-order valence-corrected chi connectivity index (χ1v) is 10.5. The molecule has 0 aliphatic carbocycles. The lowest BCUT2D eigenvalue weighted by Gasteiger charge is -2.31. The van der Waals surface area contributed by atoms with E-state index in [4.69, 9.17) is 9.84 Å².